The number of ketones is 1. The van der Waals surface area contributed by atoms with Crippen molar-refractivity contribution in [1.29, 1.82) is 0 Å². The molecule has 0 aliphatic heterocycles. The van der Waals surface area contributed by atoms with Crippen LogP contribution in [-0.2, 0) is 13.5 Å². The number of carbonyl (C=O) groups excluding carboxylic acids is 1. The van der Waals surface area contributed by atoms with Gasteiger partial charge in [0.15, 0.2) is 0 Å². The molecule has 1 heterocycles. The number of fused-ring (bicyclic) bond motifs is 1. The van der Waals surface area contributed by atoms with Crippen molar-refractivity contribution in [2.45, 2.75) is 26.2 Å². The van der Waals surface area contributed by atoms with Crippen molar-refractivity contribution in [3.63, 3.8) is 0 Å². The topological polar surface area (TPSA) is 85.4 Å². The predicted molar refractivity (Wildman–Crippen MR) is 99.7 cm³/mol. The molecule has 0 bridgehead atoms. The maximum Gasteiger partial charge on any atom is 0.270 e. The molecule has 0 spiro atoms. The number of non-ortho nitro benzene ring substituents is 1. The standard InChI is InChI=1S/C20H20N2O4/c1-3-4-5-16-17-12-14(22(25)26)8-11-18(17)21(2)19(16)20(24)13-6-9-15(23)10-7-13/h6-12,23H,3-5H2,1-2H3. The van der Waals surface area contributed by atoms with Crippen molar-refractivity contribution in [3.8, 4) is 5.75 Å². The van der Waals surface area contributed by atoms with E-state index in [1.807, 2.05) is 0 Å². The highest BCUT2D eigenvalue weighted by Gasteiger charge is 2.23. The molecular formula is C20H20N2O4. The molecule has 1 aromatic heterocycles. The number of hydrogen-bond donors (Lipinski definition) is 1. The van der Waals surface area contributed by atoms with Crippen LogP contribution in [0.1, 0.15) is 41.4 Å². The zero-order valence-electron chi connectivity index (χ0n) is 14.7. The zero-order chi connectivity index (χ0) is 18.8. The Morgan fingerprint density at radius 2 is 1.88 bits per heavy atom. The Hall–Kier alpha value is -3.15. The van der Waals surface area contributed by atoms with Gasteiger partial charge in [-0.05, 0) is 48.7 Å². The molecule has 3 rings (SSSR count). The molecule has 1 N–H and O–H groups in total. The fourth-order valence-electron chi connectivity index (χ4n) is 3.27. The molecule has 0 aliphatic carbocycles. The summed E-state index contributed by atoms with van der Waals surface area (Å²) in [4.78, 5) is 23.9. The van der Waals surface area contributed by atoms with Gasteiger partial charge in [0, 0.05) is 35.6 Å². The number of phenolic OH excluding ortho intramolecular Hbond substituents is 1. The molecule has 0 aliphatic rings. The quantitative estimate of drug-likeness (QED) is 0.405. The van der Waals surface area contributed by atoms with Crippen LogP contribution in [0.15, 0.2) is 42.5 Å². The number of benzene rings is 2. The average molecular weight is 352 g/mol. The summed E-state index contributed by atoms with van der Waals surface area (Å²) in [6.07, 6.45) is 2.52. The fourth-order valence-corrected chi connectivity index (χ4v) is 3.27. The first-order chi connectivity index (χ1) is 12.4. The van der Waals surface area contributed by atoms with E-state index in [0.29, 0.717) is 17.7 Å². The van der Waals surface area contributed by atoms with Crippen LogP contribution in [0.3, 0.4) is 0 Å². The van der Waals surface area contributed by atoms with Gasteiger partial charge in [-0.1, -0.05) is 13.3 Å². The molecular weight excluding hydrogens is 332 g/mol. The number of nitro groups is 1. The predicted octanol–water partition coefficient (Wildman–Crippen LogP) is 4.37. The third-order valence-electron chi connectivity index (χ3n) is 4.62. The molecule has 0 fully saturated rings. The third-order valence-corrected chi connectivity index (χ3v) is 4.62. The first kappa shape index (κ1) is 17.7. The smallest absolute Gasteiger partial charge is 0.270 e. The van der Waals surface area contributed by atoms with E-state index < -0.39 is 4.92 Å². The highest BCUT2D eigenvalue weighted by molar-refractivity contribution is 6.12. The highest BCUT2D eigenvalue weighted by atomic mass is 16.6. The summed E-state index contributed by atoms with van der Waals surface area (Å²) in [7, 11) is 1.80. The van der Waals surface area contributed by atoms with Crippen LogP contribution >= 0.6 is 0 Å². The Labute approximate surface area is 150 Å². The Morgan fingerprint density at radius 1 is 1.19 bits per heavy atom. The molecule has 26 heavy (non-hydrogen) atoms. The van der Waals surface area contributed by atoms with Gasteiger partial charge in [0.2, 0.25) is 5.78 Å². The summed E-state index contributed by atoms with van der Waals surface area (Å²) in [6, 6.07) is 10.8. The number of aromatic nitrogens is 1. The first-order valence-corrected chi connectivity index (χ1v) is 8.53. The van der Waals surface area contributed by atoms with Crippen molar-refractivity contribution in [2.75, 3.05) is 0 Å². The van der Waals surface area contributed by atoms with Crippen molar-refractivity contribution in [2.24, 2.45) is 7.05 Å². The van der Waals surface area contributed by atoms with E-state index in [4.69, 9.17) is 0 Å². The monoisotopic (exact) mass is 352 g/mol. The van der Waals surface area contributed by atoms with E-state index in [1.54, 1.807) is 35.9 Å². The maximum absolute atomic E-state index is 13.1. The van der Waals surface area contributed by atoms with Gasteiger partial charge in [0.05, 0.1) is 10.6 Å². The molecule has 0 amide bonds. The molecule has 0 saturated carbocycles. The number of nitrogens with zero attached hydrogens (tertiary/aromatic N) is 2. The summed E-state index contributed by atoms with van der Waals surface area (Å²) < 4.78 is 1.80. The van der Waals surface area contributed by atoms with E-state index in [9.17, 15) is 20.0 Å². The van der Waals surface area contributed by atoms with E-state index in [-0.39, 0.29) is 17.2 Å². The Morgan fingerprint density at radius 3 is 2.50 bits per heavy atom. The lowest BCUT2D eigenvalue weighted by molar-refractivity contribution is -0.384. The molecule has 0 atom stereocenters. The van der Waals surface area contributed by atoms with Crippen LogP contribution in [-0.4, -0.2) is 20.4 Å². The van der Waals surface area contributed by atoms with E-state index in [1.165, 1.54) is 18.2 Å². The molecule has 6 heteroatoms. The van der Waals surface area contributed by atoms with Crippen LogP contribution in [0, 0.1) is 10.1 Å². The summed E-state index contributed by atoms with van der Waals surface area (Å²) in [5.74, 6) is -0.0575. The Balaban J connectivity index is 2.22. The minimum atomic E-state index is -0.419. The average Bonchev–Trinajstić information content (AvgIpc) is 2.91. The van der Waals surface area contributed by atoms with Gasteiger partial charge in [-0.25, -0.2) is 0 Å². The fraction of sp³-hybridized carbons (Fsp3) is 0.250. The highest BCUT2D eigenvalue weighted by Crippen LogP contribution is 2.31. The van der Waals surface area contributed by atoms with E-state index >= 15 is 0 Å². The van der Waals surface area contributed by atoms with Crippen molar-refractivity contribution < 1.29 is 14.8 Å². The largest absolute Gasteiger partial charge is 0.508 e. The number of aryl methyl sites for hydroxylation is 2. The summed E-state index contributed by atoms with van der Waals surface area (Å²) in [5.41, 5.74) is 2.67. The van der Waals surface area contributed by atoms with Crippen molar-refractivity contribution in [3.05, 3.63) is 69.4 Å². The molecule has 6 nitrogen and oxygen atoms in total. The molecule has 2 aromatic carbocycles. The van der Waals surface area contributed by atoms with Crippen molar-refractivity contribution in [1.82, 2.24) is 4.57 Å². The number of carbonyl (C=O) groups is 1. The molecule has 0 saturated heterocycles. The van der Waals surface area contributed by atoms with Crippen LogP contribution in [0.5, 0.6) is 5.75 Å². The zero-order valence-corrected chi connectivity index (χ0v) is 14.7. The number of unbranched alkanes of at least 4 members (excludes halogenated alkanes) is 1. The van der Waals surface area contributed by atoms with Crippen LogP contribution in [0.25, 0.3) is 10.9 Å². The van der Waals surface area contributed by atoms with Gasteiger partial charge in [0.1, 0.15) is 5.75 Å². The van der Waals surface area contributed by atoms with Crippen LogP contribution in [0.2, 0.25) is 0 Å². The van der Waals surface area contributed by atoms with Crippen molar-refractivity contribution >= 4 is 22.4 Å². The summed E-state index contributed by atoms with van der Waals surface area (Å²) >= 11 is 0. The molecule has 3 aromatic rings. The van der Waals surface area contributed by atoms with Crippen LogP contribution in [0.4, 0.5) is 5.69 Å². The Bertz CT molecular complexity index is 987. The second-order valence-electron chi connectivity index (χ2n) is 6.32. The van der Waals surface area contributed by atoms with E-state index in [0.717, 1.165) is 29.3 Å². The number of phenols is 1. The molecule has 134 valence electrons. The van der Waals surface area contributed by atoms with Gasteiger partial charge in [0.25, 0.3) is 5.69 Å². The van der Waals surface area contributed by atoms with Crippen LogP contribution < -0.4 is 0 Å². The first-order valence-electron chi connectivity index (χ1n) is 8.53. The summed E-state index contributed by atoms with van der Waals surface area (Å²) in [6.45, 7) is 2.06. The number of hydrogen-bond acceptors (Lipinski definition) is 4. The lowest BCUT2D eigenvalue weighted by atomic mass is 9.99. The molecule has 0 radical (unpaired) electrons. The van der Waals surface area contributed by atoms with Gasteiger partial charge in [-0.15, -0.1) is 0 Å². The van der Waals surface area contributed by atoms with Gasteiger partial charge in [-0.3, -0.25) is 14.9 Å². The minimum Gasteiger partial charge on any atom is -0.508 e. The second-order valence-corrected chi connectivity index (χ2v) is 6.32. The summed E-state index contributed by atoms with van der Waals surface area (Å²) in [5, 5.41) is 21.4. The Kier molecular flexibility index (Phi) is 4.75. The maximum atomic E-state index is 13.1. The third kappa shape index (κ3) is 3.06. The number of nitro benzene ring substituents is 1. The van der Waals surface area contributed by atoms with Gasteiger partial charge >= 0.3 is 0 Å². The number of rotatable bonds is 6. The second kappa shape index (κ2) is 7.00. The SMILES string of the molecule is CCCCc1c(C(=O)c2ccc(O)cc2)n(C)c2ccc([N+](=O)[O-])cc12. The lowest BCUT2D eigenvalue weighted by Gasteiger charge is -2.07. The normalized spacial score (nSPS) is 11.0. The molecule has 0 unspecified atom stereocenters. The van der Waals surface area contributed by atoms with Gasteiger partial charge in [-0.2, -0.15) is 0 Å². The minimum absolute atomic E-state index is 0.0180. The van der Waals surface area contributed by atoms with Gasteiger partial charge < -0.3 is 9.67 Å². The lowest BCUT2D eigenvalue weighted by Crippen LogP contribution is -2.10. The number of aromatic hydroxyl groups is 1. The van der Waals surface area contributed by atoms with E-state index in [2.05, 4.69) is 6.92 Å².